The molecule has 132 valence electrons. The number of aliphatic carboxylic acids is 1. The fourth-order valence-corrected chi connectivity index (χ4v) is 2.41. The smallest absolute Gasteiger partial charge is 0.326 e. The number of benzene rings is 2. The number of rotatable bonds is 7. The van der Waals surface area contributed by atoms with Gasteiger partial charge in [-0.1, -0.05) is 30.3 Å². The van der Waals surface area contributed by atoms with Crippen LogP contribution in [-0.2, 0) is 11.2 Å². The number of aromatic amines is 1. The number of H-pyrrole nitrogens is 1. The molecule has 0 spiro atoms. The maximum Gasteiger partial charge on any atom is 0.326 e. The SMILES string of the molecule is O=C(NC(Cc1cccc(Oc2ccccc2)c1)C(=O)O)c1ccn[nH]1. The van der Waals surface area contributed by atoms with Crippen molar-refractivity contribution in [2.75, 3.05) is 0 Å². The van der Waals surface area contributed by atoms with Gasteiger partial charge in [0.05, 0.1) is 0 Å². The summed E-state index contributed by atoms with van der Waals surface area (Å²) in [6.45, 7) is 0. The Hall–Kier alpha value is -3.61. The summed E-state index contributed by atoms with van der Waals surface area (Å²) in [5, 5.41) is 18.1. The molecule has 0 saturated carbocycles. The van der Waals surface area contributed by atoms with E-state index < -0.39 is 17.9 Å². The molecule has 7 heteroatoms. The number of nitrogens with one attached hydrogen (secondary N) is 2. The summed E-state index contributed by atoms with van der Waals surface area (Å²) in [4.78, 5) is 23.6. The number of para-hydroxylation sites is 1. The number of aromatic nitrogens is 2. The van der Waals surface area contributed by atoms with Gasteiger partial charge in [0, 0.05) is 12.6 Å². The molecule has 0 fully saturated rings. The lowest BCUT2D eigenvalue weighted by Gasteiger charge is -2.15. The minimum Gasteiger partial charge on any atom is -0.480 e. The van der Waals surface area contributed by atoms with Gasteiger partial charge in [0.1, 0.15) is 23.2 Å². The van der Waals surface area contributed by atoms with E-state index in [1.807, 2.05) is 30.3 Å². The molecule has 0 aliphatic carbocycles. The maximum atomic E-state index is 12.0. The van der Waals surface area contributed by atoms with Gasteiger partial charge >= 0.3 is 5.97 Å². The van der Waals surface area contributed by atoms with Crippen molar-refractivity contribution in [1.82, 2.24) is 15.5 Å². The first-order chi connectivity index (χ1) is 12.6. The molecule has 0 radical (unpaired) electrons. The van der Waals surface area contributed by atoms with E-state index in [0.717, 1.165) is 5.56 Å². The highest BCUT2D eigenvalue weighted by Gasteiger charge is 2.22. The zero-order chi connectivity index (χ0) is 18.4. The zero-order valence-corrected chi connectivity index (χ0v) is 13.8. The lowest BCUT2D eigenvalue weighted by molar-refractivity contribution is -0.139. The summed E-state index contributed by atoms with van der Waals surface area (Å²) in [6, 6.07) is 16.8. The van der Waals surface area contributed by atoms with Crippen LogP contribution in [0.2, 0.25) is 0 Å². The van der Waals surface area contributed by atoms with Crippen LogP contribution in [0.3, 0.4) is 0 Å². The maximum absolute atomic E-state index is 12.0. The predicted molar refractivity (Wildman–Crippen MR) is 94.1 cm³/mol. The van der Waals surface area contributed by atoms with E-state index in [1.165, 1.54) is 12.3 Å². The lowest BCUT2D eigenvalue weighted by atomic mass is 10.1. The first kappa shape index (κ1) is 17.2. The Kier molecular flexibility index (Phi) is 5.28. The van der Waals surface area contributed by atoms with Gasteiger partial charge in [0.25, 0.3) is 5.91 Å². The normalized spacial score (nSPS) is 11.5. The molecule has 2 aromatic carbocycles. The van der Waals surface area contributed by atoms with Crippen molar-refractivity contribution in [2.45, 2.75) is 12.5 Å². The molecule has 3 aromatic rings. The Morgan fingerprint density at radius 3 is 2.54 bits per heavy atom. The first-order valence-electron chi connectivity index (χ1n) is 7.97. The number of carbonyl (C=O) groups excluding carboxylic acids is 1. The average molecular weight is 351 g/mol. The standard InChI is InChI=1S/C19H17N3O4/c23-18(16-9-10-20-22-16)21-17(19(24)25)12-13-5-4-8-15(11-13)26-14-6-2-1-3-7-14/h1-11,17H,12H2,(H,20,22)(H,21,23)(H,24,25). The van der Waals surface area contributed by atoms with Crippen molar-refractivity contribution in [1.29, 1.82) is 0 Å². The molecule has 0 saturated heterocycles. The number of carbonyl (C=O) groups is 2. The van der Waals surface area contributed by atoms with E-state index in [2.05, 4.69) is 15.5 Å². The highest BCUT2D eigenvalue weighted by atomic mass is 16.5. The van der Waals surface area contributed by atoms with Crippen LogP contribution in [0.15, 0.2) is 66.9 Å². The van der Waals surface area contributed by atoms with Crippen molar-refractivity contribution in [3.63, 3.8) is 0 Å². The number of amides is 1. The van der Waals surface area contributed by atoms with E-state index in [1.54, 1.807) is 24.3 Å². The Morgan fingerprint density at radius 1 is 1.08 bits per heavy atom. The Bertz CT molecular complexity index is 879. The van der Waals surface area contributed by atoms with Crippen LogP contribution in [0.25, 0.3) is 0 Å². The number of nitrogens with zero attached hydrogens (tertiary/aromatic N) is 1. The van der Waals surface area contributed by atoms with Gasteiger partial charge < -0.3 is 15.2 Å². The Labute approximate surface area is 149 Å². The summed E-state index contributed by atoms with van der Waals surface area (Å²) in [5.41, 5.74) is 0.938. The highest BCUT2D eigenvalue weighted by molar-refractivity contribution is 5.94. The van der Waals surface area contributed by atoms with Crippen molar-refractivity contribution >= 4 is 11.9 Å². The fourth-order valence-electron chi connectivity index (χ4n) is 2.41. The second kappa shape index (κ2) is 7.98. The van der Waals surface area contributed by atoms with E-state index >= 15 is 0 Å². The Balaban J connectivity index is 1.70. The van der Waals surface area contributed by atoms with Crippen LogP contribution < -0.4 is 10.1 Å². The van der Waals surface area contributed by atoms with Gasteiger partial charge in [-0.3, -0.25) is 9.89 Å². The van der Waals surface area contributed by atoms with Crippen LogP contribution in [0.4, 0.5) is 0 Å². The number of hydrogen-bond donors (Lipinski definition) is 3. The van der Waals surface area contributed by atoms with E-state index in [9.17, 15) is 14.7 Å². The average Bonchev–Trinajstić information content (AvgIpc) is 3.17. The van der Waals surface area contributed by atoms with Gasteiger partial charge in [-0.2, -0.15) is 5.10 Å². The molecular weight excluding hydrogens is 334 g/mol. The molecule has 3 rings (SSSR count). The number of ether oxygens (including phenoxy) is 1. The molecule has 3 N–H and O–H groups in total. The van der Waals surface area contributed by atoms with Gasteiger partial charge in [0.2, 0.25) is 0 Å². The quantitative estimate of drug-likeness (QED) is 0.607. The minimum absolute atomic E-state index is 0.126. The molecule has 1 heterocycles. The minimum atomic E-state index is -1.12. The summed E-state index contributed by atoms with van der Waals surface area (Å²) in [6.07, 6.45) is 1.55. The van der Waals surface area contributed by atoms with Gasteiger partial charge in [-0.25, -0.2) is 4.79 Å². The molecule has 0 aliphatic rings. The molecular formula is C19H17N3O4. The monoisotopic (exact) mass is 351 g/mol. The molecule has 1 atom stereocenters. The van der Waals surface area contributed by atoms with Gasteiger partial charge in [-0.15, -0.1) is 0 Å². The van der Waals surface area contributed by atoms with Crippen LogP contribution in [0, 0.1) is 0 Å². The number of hydrogen-bond acceptors (Lipinski definition) is 4. The third-order valence-corrected chi connectivity index (χ3v) is 3.67. The van der Waals surface area contributed by atoms with Crippen molar-refractivity contribution < 1.29 is 19.4 Å². The van der Waals surface area contributed by atoms with Gasteiger partial charge in [-0.05, 0) is 35.9 Å². The van der Waals surface area contributed by atoms with Crippen LogP contribution in [-0.4, -0.2) is 33.2 Å². The molecule has 7 nitrogen and oxygen atoms in total. The summed E-state index contributed by atoms with van der Waals surface area (Å²) in [5.74, 6) is -0.358. The number of carboxylic acid groups (broad SMARTS) is 1. The zero-order valence-electron chi connectivity index (χ0n) is 13.8. The van der Waals surface area contributed by atoms with Crippen molar-refractivity contribution in [3.8, 4) is 11.5 Å². The molecule has 26 heavy (non-hydrogen) atoms. The molecule has 0 aliphatic heterocycles. The van der Waals surface area contributed by atoms with E-state index in [4.69, 9.17) is 4.74 Å². The summed E-state index contributed by atoms with van der Waals surface area (Å²) in [7, 11) is 0. The second-order valence-corrected chi connectivity index (χ2v) is 5.60. The van der Waals surface area contributed by atoms with Crippen LogP contribution >= 0.6 is 0 Å². The highest BCUT2D eigenvalue weighted by Crippen LogP contribution is 2.22. The van der Waals surface area contributed by atoms with Crippen molar-refractivity contribution in [2.24, 2.45) is 0 Å². The second-order valence-electron chi connectivity index (χ2n) is 5.60. The predicted octanol–water partition coefficient (Wildman–Crippen LogP) is 2.63. The van der Waals surface area contributed by atoms with E-state index in [-0.39, 0.29) is 12.1 Å². The largest absolute Gasteiger partial charge is 0.480 e. The molecule has 1 amide bonds. The third kappa shape index (κ3) is 4.47. The first-order valence-corrected chi connectivity index (χ1v) is 7.97. The molecule has 0 bridgehead atoms. The topological polar surface area (TPSA) is 104 Å². The van der Waals surface area contributed by atoms with Crippen molar-refractivity contribution in [3.05, 3.63) is 78.1 Å². The van der Waals surface area contributed by atoms with E-state index in [0.29, 0.717) is 11.5 Å². The fraction of sp³-hybridized carbons (Fsp3) is 0.105. The summed E-state index contributed by atoms with van der Waals surface area (Å²) >= 11 is 0. The lowest BCUT2D eigenvalue weighted by Crippen LogP contribution is -2.42. The number of carboxylic acids is 1. The summed E-state index contributed by atoms with van der Waals surface area (Å²) < 4.78 is 5.75. The molecule has 1 unspecified atom stereocenters. The Morgan fingerprint density at radius 2 is 1.85 bits per heavy atom. The van der Waals surface area contributed by atoms with Crippen LogP contribution in [0.1, 0.15) is 16.1 Å². The van der Waals surface area contributed by atoms with Gasteiger partial charge in [0.15, 0.2) is 0 Å². The van der Waals surface area contributed by atoms with Crippen LogP contribution in [0.5, 0.6) is 11.5 Å². The molecule has 1 aromatic heterocycles. The third-order valence-electron chi connectivity index (χ3n) is 3.67.